The topological polar surface area (TPSA) is 42.0 Å². The van der Waals surface area contributed by atoms with Crippen LogP contribution in [0.2, 0.25) is 0 Å². The molecule has 0 unspecified atom stereocenters. The quantitative estimate of drug-likeness (QED) is 0.789. The number of amides is 1. The van der Waals surface area contributed by atoms with E-state index >= 15 is 0 Å². The summed E-state index contributed by atoms with van der Waals surface area (Å²) in [6.45, 7) is 0. The Kier molecular flexibility index (Phi) is 3.74. The molecule has 4 heteroatoms. The predicted octanol–water partition coefficient (Wildman–Crippen LogP) is 3.87. The fourth-order valence-corrected chi connectivity index (χ4v) is 2.79. The molecule has 0 bridgehead atoms. The molecule has 100 valence electrons. The summed E-state index contributed by atoms with van der Waals surface area (Å²) in [5, 5.41) is 7.13. The molecule has 1 amide bonds. The van der Waals surface area contributed by atoms with Crippen molar-refractivity contribution in [3.63, 3.8) is 0 Å². The largest absolute Gasteiger partial charge is 0.326 e. The molecular weight excluding hydrogens is 268 g/mol. The molecule has 0 aliphatic heterocycles. The number of carbonyl (C=O) groups excluding carboxylic acids is 1. The van der Waals surface area contributed by atoms with E-state index in [0.717, 1.165) is 22.9 Å². The Bertz CT molecular complexity index is 722. The average Bonchev–Trinajstić information content (AvgIpc) is 2.98. The minimum Gasteiger partial charge on any atom is -0.326 e. The minimum atomic E-state index is 0.0480. The second kappa shape index (κ2) is 5.84. The van der Waals surface area contributed by atoms with E-state index in [9.17, 15) is 4.79 Å². The van der Waals surface area contributed by atoms with Crippen LogP contribution < -0.4 is 5.32 Å². The zero-order chi connectivity index (χ0) is 13.8. The summed E-state index contributed by atoms with van der Waals surface area (Å²) >= 11 is 1.69. The number of aromatic nitrogens is 1. The number of rotatable bonds is 4. The molecule has 20 heavy (non-hydrogen) atoms. The van der Waals surface area contributed by atoms with Crippen LogP contribution in [0, 0.1) is 0 Å². The Balaban J connectivity index is 1.65. The van der Waals surface area contributed by atoms with Crippen LogP contribution in [0.15, 0.2) is 54.2 Å². The third-order valence-electron chi connectivity index (χ3n) is 3.10. The van der Waals surface area contributed by atoms with E-state index in [1.807, 2.05) is 41.9 Å². The summed E-state index contributed by atoms with van der Waals surface area (Å²) in [4.78, 5) is 17.2. The molecule has 2 heterocycles. The molecule has 3 nitrogen and oxygen atoms in total. The number of benzene rings is 1. The SMILES string of the molecule is O=C(CCc1cccs1)Nc1ccc2cnccc2c1. The predicted molar refractivity (Wildman–Crippen MR) is 83.0 cm³/mol. The summed E-state index contributed by atoms with van der Waals surface area (Å²) in [7, 11) is 0. The van der Waals surface area contributed by atoms with E-state index < -0.39 is 0 Å². The number of aryl methyl sites for hydroxylation is 1. The van der Waals surface area contributed by atoms with Gasteiger partial charge in [-0.15, -0.1) is 11.3 Å². The normalized spacial score (nSPS) is 10.6. The van der Waals surface area contributed by atoms with Crippen molar-refractivity contribution in [2.45, 2.75) is 12.8 Å². The molecule has 1 N–H and O–H groups in total. The highest BCUT2D eigenvalue weighted by Crippen LogP contribution is 2.18. The number of pyridine rings is 1. The molecule has 0 saturated carbocycles. The van der Waals surface area contributed by atoms with Crippen molar-refractivity contribution < 1.29 is 4.79 Å². The number of nitrogens with one attached hydrogen (secondary N) is 1. The van der Waals surface area contributed by atoms with Gasteiger partial charge in [-0.25, -0.2) is 0 Å². The maximum absolute atomic E-state index is 11.9. The zero-order valence-corrected chi connectivity index (χ0v) is 11.7. The van der Waals surface area contributed by atoms with Crippen LogP contribution in [0.25, 0.3) is 10.8 Å². The molecule has 0 atom stereocenters. The van der Waals surface area contributed by atoms with Crippen LogP contribution >= 0.6 is 11.3 Å². The van der Waals surface area contributed by atoms with Crippen molar-refractivity contribution in [1.29, 1.82) is 0 Å². The third kappa shape index (κ3) is 3.03. The molecule has 3 rings (SSSR count). The van der Waals surface area contributed by atoms with Gasteiger partial charge in [0.1, 0.15) is 0 Å². The monoisotopic (exact) mass is 282 g/mol. The second-order valence-electron chi connectivity index (χ2n) is 4.57. The molecule has 0 radical (unpaired) electrons. The van der Waals surface area contributed by atoms with Gasteiger partial charge in [-0.3, -0.25) is 9.78 Å². The first-order chi connectivity index (χ1) is 9.81. The Morgan fingerprint density at radius 2 is 2.15 bits per heavy atom. The van der Waals surface area contributed by atoms with Gasteiger partial charge in [0.15, 0.2) is 0 Å². The van der Waals surface area contributed by atoms with E-state index in [1.165, 1.54) is 4.88 Å². The Morgan fingerprint density at radius 1 is 1.20 bits per heavy atom. The number of fused-ring (bicyclic) bond motifs is 1. The molecule has 0 spiro atoms. The van der Waals surface area contributed by atoms with Crippen LogP contribution in [-0.2, 0) is 11.2 Å². The lowest BCUT2D eigenvalue weighted by Gasteiger charge is -2.06. The Labute approximate surface area is 121 Å². The maximum Gasteiger partial charge on any atom is 0.224 e. The summed E-state index contributed by atoms with van der Waals surface area (Å²) in [5.41, 5.74) is 0.833. The first kappa shape index (κ1) is 12.8. The molecular formula is C16H14N2OS. The summed E-state index contributed by atoms with van der Waals surface area (Å²) < 4.78 is 0. The molecule has 3 aromatic rings. The summed E-state index contributed by atoms with van der Waals surface area (Å²) in [5.74, 6) is 0.0480. The molecule has 2 aromatic heterocycles. The maximum atomic E-state index is 11.9. The van der Waals surface area contributed by atoms with Crippen molar-refractivity contribution in [2.75, 3.05) is 5.32 Å². The van der Waals surface area contributed by atoms with Crippen LogP contribution in [-0.4, -0.2) is 10.9 Å². The highest BCUT2D eigenvalue weighted by atomic mass is 32.1. The van der Waals surface area contributed by atoms with Gasteiger partial charge in [-0.1, -0.05) is 12.1 Å². The lowest BCUT2D eigenvalue weighted by Crippen LogP contribution is -2.11. The highest BCUT2D eigenvalue weighted by molar-refractivity contribution is 7.09. The van der Waals surface area contributed by atoms with Gasteiger partial charge in [0.05, 0.1) is 0 Å². The van der Waals surface area contributed by atoms with E-state index in [0.29, 0.717) is 6.42 Å². The second-order valence-corrected chi connectivity index (χ2v) is 5.60. The minimum absolute atomic E-state index is 0.0480. The molecule has 1 aromatic carbocycles. The summed E-state index contributed by atoms with van der Waals surface area (Å²) in [6.07, 6.45) is 4.87. The van der Waals surface area contributed by atoms with Crippen molar-refractivity contribution >= 4 is 33.7 Å². The van der Waals surface area contributed by atoms with E-state index in [1.54, 1.807) is 17.5 Å². The lowest BCUT2D eigenvalue weighted by molar-refractivity contribution is -0.116. The number of thiophene rings is 1. The van der Waals surface area contributed by atoms with Gasteiger partial charge in [-0.2, -0.15) is 0 Å². The molecule has 0 fully saturated rings. The number of hydrogen-bond donors (Lipinski definition) is 1. The third-order valence-corrected chi connectivity index (χ3v) is 4.04. The Morgan fingerprint density at radius 3 is 3.00 bits per heavy atom. The van der Waals surface area contributed by atoms with Gasteiger partial charge in [0.2, 0.25) is 5.91 Å². The Hall–Kier alpha value is -2.20. The standard InChI is InChI=1S/C16H14N2OS/c19-16(6-5-15-2-1-9-20-15)18-14-4-3-13-11-17-8-7-12(13)10-14/h1-4,7-11H,5-6H2,(H,18,19). The lowest BCUT2D eigenvalue weighted by atomic mass is 10.1. The van der Waals surface area contributed by atoms with Crippen molar-refractivity contribution in [3.8, 4) is 0 Å². The molecule has 0 saturated heterocycles. The first-order valence-corrected chi connectivity index (χ1v) is 7.35. The van der Waals surface area contributed by atoms with Gasteiger partial charge in [0.25, 0.3) is 0 Å². The number of hydrogen-bond acceptors (Lipinski definition) is 3. The fraction of sp³-hybridized carbons (Fsp3) is 0.125. The van der Waals surface area contributed by atoms with Crippen LogP contribution in [0.4, 0.5) is 5.69 Å². The van der Waals surface area contributed by atoms with Crippen LogP contribution in [0.5, 0.6) is 0 Å². The van der Waals surface area contributed by atoms with Crippen molar-refractivity contribution in [2.24, 2.45) is 0 Å². The smallest absolute Gasteiger partial charge is 0.224 e. The van der Waals surface area contributed by atoms with Gasteiger partial charge in [0, 0.05) is 34.8 Å². The van der Waals surface area contributed by atoms with Crippen LogP contribution in [0.1, 0.15) is 11.3 Å². The number of nitrogens with zero attached hydrogens (tertiary/aromatic N) is 1. The van der Waals surface area contributed by atoms with Crippen molar-refractivity contribution in [3.05, 3.63) is 59.0 Å². The van der Waals surface area contributed by atoms with Crippen molar-refractivity contribution in [1.82, 2.24) is 4.98 Å². The van der Waals surface area contributed by atoms with Crippen LogP contribution in [0.3, 0.4) is 0 Å². The number of anilines is 1. The fourth-order valence-electron chi connectivity index (χ4n) is 2.08. The van der Waals surface area contributed by atoms with Gasteiger partial charge >= 0.3 is 0 Å². The van der Waals surface area contributed by atoms with E-state index in [2.05, 4.69) is 16.4 Å². The average molecular weight is 282 g/mol. The molecule has 0 aliphatic rings. The highest BCUT2D eigenvalue weighted by Gasteiger charge is 2.04. The molecule has 0 aliphatic carbocycles. The van der Waals surface area contributed by atoms with Gasteiger partial charge < -0.3 is 5.32 Å². The van der Waals surface area contributed by atoms with Gasteiger partial charge in [-0.05, 0) is 41.5 Å². The summed E-state index contributed by atoms with van der Waals surface area (Å²) in [6, 6.07) is 11.9. The number of carbonyl (C=O) groups is 1. The first-order valence-electron chi connectivity index (χ1n) is 6.47. The zero-order valence-electron chi connectivity index (χ0n) is 10.9. The van der Waals surface area contributed by atoms with E-state index in [-0.39, 0.29) is 5.91 Å². The van der Waals surface area contributed by atoms with E-state index in [4.69, 9.17) is 0 Å².